The van der Waals surface area contributed by atoms with Crippen LogP contribution in [-0.4, -0.2) is 37.3 Å². The van der Waals surface area contributed by atoms with Gasteiger partial charge in [-0.15, -0.1) is 11.8 Å². The van der Waals surface area contributed by atoms with Gasteiger partial charge in [0.1, 0.15) is 0 Å². The zero-order valence-corrected chi connectivity index (χ0v) is 14.1. The molecule has 0 radical (unpaired) electrons. The van der Waals surface area contributed by atoms with Gasteiger partial charge in [-0.3, -0.25) is 0 Å². The van der Waals surface area contributed by atoms with Crippen molar-refractivity contribution < 1.29 is 8.42 Å². The average molecular weight is 329 g/mol. The van der Waals surface area contributed by atoms with Gasteiger partial charge in [-0.05, 0) is 30.9 Å². The molecule has 6 heteroatoms. The molecule has 0 saturated carbocycles. The quantitative estimate of drug-likeness (QED) is 0.644. The third kappa shape index (κ3) is 4.63. The Morgan fingerprint density at radius 1 is 1.38 bits per heavy atom. The first kappa shape index (κ1) is 16.6. The lowest BCUT2D eigenvalue weighted by Crippen LogP contribution is -2.41. The van der Waals surface area contributed by atoms with Crippen LogP contribution in [0.25, 0.3) is 0 Å². The smallest absolute Gasteiger partial charge is 0.214 e. The first-order valence-corrected chi connectivity index (χ1v) is 10.1. The van der Waals surface area contributed by atoms with E-state index in [9.17, 15) is 8.42 Å². The van der Waals surface area contributed by atoms with E-state index in [0.717, 1.165) is 24.2 Å². The molecule has 1 fully saturated rings. The van der Waals surface area contributed by atoms with Crippen LogP contribution in [-0.2, 0) is 10.0 Å². The molecule has 0 aliphatic carbocycles. The van der Waals surface area contributed by atoms with Crippen LogP contribution in [0.2, 0.25) is 0 Å². The van der Waals surface area contributed by atoms with Gasteiger partial charge in [-0.2, -0.15) is 0 Å². The molecule has 1 aromatic rings. The standard InChI is InChI=1S/C15H24N2O2S2/c1-2-13-6-5-9-17(12-13)21(18,19)11-10-20-15-8-4-3-7-14(15)16/h3-4,7-8,13H,2,5-6,9-12,16H2,1H3. The summed E-state index contributed by atoms with van der Waals surface area (Å²) in [6.07, 6.45) is 3.19. The minimum Gasteiger partial charge on any atom is -0.398 e. The molecule has 118 valence electrons. The minimum absolute atomic E-state index is 0.183. The highest BCUT2D eigenvalue weighted by Gasteiger charge is 2.27. The number of nitrogen functional groups attached to an aromatic ring is 1. The number of anilines is 1. The van der Waals surface area contributed by atoms with Crippen LogP contribution < -0.4 is 5.73 Å². The van der Waals surface area contributed by atoms with Crippen LogP contribution in [0, 0.1) is 5.92 Å². The number of benzene rings is 1. The Hall–Kier alpha value is -0.720. The maximum atomic E-state index is 12.4. The molecule has 1 unspecified atom stereocenters. The summed E-state index contributed by atoms with van der Waals surface area (Å²) in [7, 11) is -3.14. The number of piperidine rings is 1. The lowest BCUT2D eigenvalue weighted by molar-refractivity contribution is 0.262. The Bertz CT molecular complexity index is 561. The van der Waals surface area contributed by atoms with Gasteiger partial charge < -0.3 is 5.73 Å². The summed E-state index contributed by atoms with van der Waals surface area (Å²) in [4.78, 5) is 0.956. The number of sulfonamides is 1. The SMILES string of the molecule is CCC1CCCN(S(=O)(=O)CCSc2ccccc2N)C1. The highest BCUT2D eigenvalue weighted by atomic mass is 32.2. The Kier molecular flexibility index (Phi) is 5.96. The fourth-order valence-corrected chi connectivity index (χ4v) is 5.52. The lowest BCUT2D eigenvalue weighted by atomic mass is 9.97. The first-order valence-electron chi connectivity index (χ1n) is 7.48. The lowest BCUT2D eigenvalue weighted by Gasteiger charge is -2.31. The summed E-state index contributed by atoms with van der Waals surface area (Å²) in [6, 6.07) is 7.58. The third-order valence-electron chi connectivity index (χ3n) is 3.97. The fourth-order valence-electron chi connectivity index (χ4n) is 2.61. The molecule has 1 heterocycles. The Morgan fingerprint density at radius 2 is 2.14 bits per heavy atom. The van der Waals surface area contributed by atoms with Crippen molar-refractivity contribution in [1.29, 1.82) is 0 Å². The molecule has 2 N–H and O–H groups in total. The van der Waals surface area contributed by atoms with E-state index in [1.807, 2.05) is 24.3 Å². The molecule has 1 aliphatic heterocycles. The minimum atomic E-state index is -3.14. The number of rotatable bonds is 6. The van der Waals surface area contributed by atoms with Crippen LogP contribution in [0.3, 0.4) is 0 Å². The van der Waals surface area contributed by atoms with E-state index in [4.69, 9.17) is 5.73 Å². The van der Waals surface area contributed by atoms with Crippen LogP contribution in [0.5, 0.6) is 0 Å². The predicted molar refractivity (Wildman–Crippen MR) is 90.0 cm³/mol. The summed E-state index contributed by atoms with van der Waals surface area (Å²) in [5, 5.41) is 0. The van der Waals surface area contributed by atoms with Crippen molar-refractivity contribution >= 4 is 27.5 Å². The molecule has 1 atom stereocenters. The maximum Gasteiger partial charge on any atom is 0.214 e. The second-order valence-corrected chi connectivity index (χ2v) is 8.70. The van der Waals surface area contributed by atoms with E-state index >= 15 is 0 Å². The largest absolute Gasteiger partial charge is 0.398 e. The van der Waals surface area contributed by atoms with Crippen LogP contribution >= 0.6 is 11.8 Å². The van der Waals surface area contributed by atoms with E-state index in [1.165, 1.54) is 11.8 Å². The van der Waals surface area contributed by atoms with Gasteiger partial charge in [0.2, 0.25) is 10.0 Å². The normalized spacial score (nSPS) is 20.5. The van der Waals surface area contributed by atoms with Gasteiger partial charge in [0.05, 0.1) is 5.75 Å². The van der Waals surface area contributed by atoms with E-state index < -0.39 is 10.0 Å². The van der Waals surface area contributed by atoms with E-state index in [2.05, 4.69) is 6.92 Å². The van der Waals surface area contributed by atoms with Gasteiger partial charge in [-0.25, -0.2) is 12.7 Å². The molecule has 0 aromatic heterocycles. The second-order valence-electron chi connectivity index (χ2n) is 5.48. The molecule has 0 spiro atoms. The highest BCUT2D eigenvalue weighted by molar-refractivity contribution is 8.00. The highest BCUT2D eigenvalue weighted by Crippen LogP contribution is 2.26. The van der Waals surface area contributed by atoms with E-state index in [-0.39, 0.29) is 5.75 Å². The Labute approximate surface area is 132 Å². The Morgan fingerprint density at radius 3 is 2.86 bits per heavy atom. The maximum absolute atomic E-state index is 12.4. The van der Waals surface area contributed by atoms with Gasteiger partial charge in [0, 0.05) is 29.4 Å². The average Bonchev–Trinajstić information content (AvgIpc) is 2.49. The van der Waals surface area contributed by atoms with Gasteiger partial charge in [0.15, 0.2) is 0 Å². The van der Waals surface area contributed by atoms with E-state index in [0.29, 0.717) is 30.4 Å². The van der Waals surface area contributed by atoms with Crippen LogP contribution in [0.4, 0.5) is 5.69 Å². The van der Waals surface area contributed by atoms with Crippen molar-refractivity contribution in [1.82, 2.24) is 4.31 Å². The molecule has 2 rings (SSSR count). The van der Waals surface area contributed by atoms with Crippen LogP contribution in [0.15, 0.2) is 29.2 Å². The molecule has 1 aromatic carbocycles. The van der Waals surface area contributed by atoms with Crippen LogP contribution in [0.1, 0.15) is 26.2 Å². The number of thioether (sulfide) groups is 1. The zero-order chi connectivity index (χ0) is 15.3. The van der Waals surface area contributed by atoms with Crippen molar-refractivity contribution in [2.45, 2.75) is 31.1 Å². The summed E-state index contributed by atoms with van der Waals surface area (Å²) in [6.45, 7) is 3.50. The topological polar surface area (TPSA) is 63.4 Å². The summed E-state index contributed by atoms with van der Waals surface area (Å²) < 4.78 is 26.5. The van der Waals surface area contributed by atoms with Gasteiger partial charge >= 0.3 is 0 Å². The summed E-state index contributed by atoms with van der Waals surface area (Å²) in [5.74, 6) is 1.25. The fraction of sp³-hybridized carbons (Fsp3) is 0.600. The molecule has 1 saturated heterocycles. The van der Waals surface area contributed by atoms with E-state index in [1.54, 1.807) is 4.31 Å². The van der Waals surface area contributed by atoms with Crippen molar-refractivity contribution in [3.8, 4) is 0 Å². The second kappa shape index (κ2) is 7.51. The number of para-hydroxylation sites is 1. The molecule has 1 aliphatic rings. The van der Waals surface area contributed by atoms with Crippen molar-refractivity contribution in [3.63, 3.8) is 0 Å². The van der Waals surface area contributed by atoms with Gasteiger partial charge in [-0.1, -0.05) is 25.5 Å². The molecule has 0 amide bonds. The summed E-state index contributed by atoms with van der Waals surface area (Å²) >= 11 is 1.51. The molecular weight excluding hydrogens is 304 g/mol. The number of nitrogens with zero attached hydrogens (tertiary/aromatic N) is 1. The van der Waals surface area contributed by atoms with Gasteiger partial charge in [0.25, 0.3) is 0 Å². The molecule has 4 nitrogen and oxygen atoms in total. The molecular formula is C15H24N2O2S2. The number of nitrogens with two attached hydrogens (primary N) is 1. The molecule has 21 heavy (non-hydrogen) atoms. The van der Waals surface area contributed by atoms with Crippen molar-refractivity contribution in [2.75, 3.05) is 30.3 Å². The number of hydrogen-bond donors (Lipinski definition) is 1. The zero-order valence-electron chi connectivity index (χ0n) is 12.5. The first-order chi connectivity index (χ1) is 10.0. The third-order valence-corrected chi connectivity index (χ3v) is 7.16. The predicted octanol–water partition coefficient (Wildman–Crippen LogP) is 2.81. The summed E-state index contributed by atoms with van der Waals surface area (Å²) in [5.41, 5.74) is 6.58. The monoisotopic (exact) mass is 328 g/mol. The number of hydrogen-bond acceptors (Lipinski definition) is 4. The molecule has 0 bridgehead atoms. The van der Waals surface area contributed by atoms with Crippen molar-refractivity contribution in [3.05, 3.63) is 24.3 Å². The Balaban J connectivity index is 1.88. The van der Waals surface area contributed by atoms with Crippen molar-refractivity contribution in [2.24, 2.45) is 5.92 Å².